The van der Waals surface area contributed by atoms with Crippen LogP contribution in [0.25, 0.3) is 0 Å². The van der Waals surface area contributed by atoms with Crippen LogP contribution >= 0.6 is 0 Å². The fraction of sp³-hybridized carbons (Fsp3) is 0.727. The maximum Gasteiger partial charge on any atom is 0.202 e. The van der Waals surface area contributed by atoms with Gasteiger partial charge in [-0.2, -0.15) is 0 Å². The van der Waals surface area contributed by atoms with E-state index in [1.807, 2.05) is 0 Å². The van der Waals surface area contributed by atoms with E-state index in [2.05, 4.69) is 25.7 Å². The molecule has 1 heteroatoms. The Morgan fingerprint density at radius 3 is 2.58 bits per heavy atom. The van der Waals surface area contributed by atoms with Crippen molar-refractivity contribution in [2.75, 3.05) is 0 Å². The highest BCUT2D eigenvalue weighted by Gasteiger charge is 1.95. The van der Waals surface area contributed by atoms with Crippen LogP contribution in [0.5, 0.6) is 0 Å². The SMILES string of the molecule is CCCCCC(C)C#CC(C)=O. The molecular weight excluding hydrogens is 148 g/mol. The summed E-state index contributed by atoms with van der Waals surface area (Å²) in [5.74, 6) is 5.87. The lowest BCUT2D eigenvalue weighted by atomic mass is 10.0. The molecule has 0 heterocycles. The number of hydrogen-bond acceptors (Lipinski definition) is 1. The summed E-state index contributed by atoms with van der Waals surface area (Å²) in [6.45, 7) is 5.77. The highest BCUT2D eigenvalue weighted by Crippen LogP contribution is 2.07. The molecule has 0 aromatic carbocycles. The lowest BCUT2D eigenvalue weighted by Crippen LogP contribution is -1.91. The van der Waals surface area contributed by atoms with Crippen molar-refractivity contribution in [2.45, 2.75) is 46.5 Å². The molecule has 0 aliphatic heterocycles. The molecule has 68 valence electrons. The molecule has 0 amide bonds. The number of ketones is 1. The Labute approximate surface area is 75.5 Å². The predicted molar refractivity (Wildman–Crippen MR) is 51.8 cm³/mol. The van der Waals surface area contributed by atoms with Crippen LogP contribution in [0.4, 0.5) is 0 Å². The van der Waals surface area contributed by atoms with Gasteiger partial charge < -0.3 is 0 Å². The topological polar surface area (TPSA) is 17.1 Å². The molecule has 12 heavy (non-hydrogen) atoms. The van der Waals surface area contributed by atoms with E-state index in [0.717, 1.165) is 6.42 Å². The highest BCUT2D eigenvalue weighted by molar-refractivity contribution is 5.93. The van der Waals surface area contributed by atoms with Gasteiger partial charge in [0.25, 0.3) is 0 Å². The van der Waals surface area contributed by atoms with Gasteiger partial charge in [0, 0.05) is 12.8 Å². The Morgan fingerprint density at radius 2 is 2.08 bits per heavy atom. The first-order valence-corrected chi connectivity index (χ1v) is 4.69. The molecular formula is C11H18O. The summed E-state index contributed by atoms with van der Waals surface area (Å²) in [5.41, 5.74) is 0. The maximum atomic E-state index is 10.5. The molecule has 1 unspecified atom stereocenters. The minimum atomic E-state index is -0.0302. The highest BCUT2D eigenvalue weighted by atomic mass is 16.1. The second kappa shape index (κ2) is 6.91. The molecule has 1 atom stereocenters. The van der Waals surface area contributed by atoms with E-state index in [9.17, 15) is 4.79 Å². The smallest absolute Gasteiger partial charge is 0.202 e. The normalized spacial score (nSPS) is 11.6. The third-order valence-corrected chi connectivity index (χ3v) is 1.74. The Bertz CT molecular complexity index is 183. The van der Waals surface area contributed by atoms with Crippen LogP contribution in [0.3, 0.4) is 0 Å². The van der Waals surface area contributed by atoms with Crippen LogP contribution in [-0.2, 0) is 4.79 Å². The fourth-order valence-corrected chi connectivity index (χ4v) is 0.998. The van der Waals surface area contributed by atoms with Gasteiger partial charge >= 0.3 is 0 Å². The number of rotatable bonds is 4. The van der Waals surface area contributed by atoms with E-state index >= 15 is 0 Å². The molecule has 0 aliphatic rings. The largest absolute Gasteiger partial charge is 0.285 e. The summed E-state index contributed by atoms with van der Waals surface area (Å²) in [7, 11) is 0. The summed E-state index contributed by atoms with van der Waals surface area (Å²) in [5, 5.41) is 0. The summed E-state index contributed by atoms with van der Waals surface area (Å²) in [6.07, 6.45) is 4.86. The zero-order valence-electron chi connectivity index (χ0n) is 8.31. The average molecular weight is 166 g/mol. The van der Waals surface area contributed by atoms with Gasteiger partial charge in [-0.25, -0.2) is 0 Å². The van der Waals surface area contributed by atoms with Gasteiger partial charge in [0.05, 0.1) is 0 Å². The standard InChI is InChI=1S/C11H18O/c1-4-5-6-7-10(2)8-9-11(3)12/h10H,4-7H2,1-3H3. The number of carbonyl (C=O) groups is 1. The molecule has 0 bridgehead atoms. The Hall–Kier alpha value is -0.770. The van der Waals surface area contributed by atoms with E-state index in [-0.39, 0.29) is 5.78 Å². The first kappa shape index (κ1) is 11.2. The van der Waals surface area contributed by atoms with Gasteiger partial charge in [0.1, 0.15) is 0 Å². The van der Waals surface area contributed by atoms with Crippen molar-refractivity contribution < 1.29 is 4.79 Å². The van der Waals surface area contributed by atoms with Crippen LogP contribution < -0.4 is 0 Å². The van der Waals surface area contributed by atoms with Gasteiger partial charge in [-0.3, -0.25) is 4.79 Å². The van der Waals surface area contributed by atoms with Crippen molar-refractivity contribution in [3.05, 3.63) is 0 Å². The van der Waals surface area contributed by atoms with E-state index in [4.69, 9.17) is 0 Å². The molecule has 0 aliphatic carbocycles. The molecule has 0 rings (SSSR count). The fourth-order valence-electron chi connectivity index (χ4n) is 0.998. The van der Waals surface area contributed by atoms with Crippen molar-refractivity contribution >= 4 is 5.78 Å². The van der Waals surface area contributed by atoms with E-state index in [1.165, 1.54) is 26.2 Å². The number of unbranched alkanes of at least 4 members (excludes halogenated alkanes) is 2. The summed E-state index contributed by atoms with van der Waals surface area (Å²) in [6, 6.07) is 0. The van der Waals surface area contributed by atoms with E-state index < -0.39 is 0 Å². The van der Waals surface area contributed by atoms with Crippen LogP contribution in [-0.4, -0.2) is 5.78 Å². The van der Waals surface area contributed by atoms with Crippen molar-refractivity contribution in [2.24, 2.45) is 5.92 Å². The lowest BCUT2D eigenvalue weighted by Gasteiger charge is -2.00. The van der Waals surface area contributed by atoms with E-state index in [0.29, 0.717) is 5.92 Å². The number of Topliss-reactive ketones (excluding diaryl/α,β-unsaturated/α-hetero) is 1. The third-order valence-electron chi connectivity index (χ3n) is 1.74. The minimum absolute atomic E-state index is 0.0302. The number of hydrogen-bond donors (Lipinski definition) is 0. The maximum absolute atomic E-state index is 10.5. The second-order valence-corrected chi connectivity index (χ2v) is 3.22. The Kier molecular flexibility index (Phi) is 6.47. The van der Waals surface area contributed by atoms with Crippen molar-refractivity contribution in [1.29, 1.82) is 0 Å². The van der Waals surface area contributed by atoms with Gasteiger partial charge in [0.2, 0.25) is 5.78 Å². The molecule has 0 saturated carbocycles. The van der Waals surface area contributed by atoms with Crippen LogP contribution in [0.1, 0.15) is 46.5 Å². The van der Waals surface area contributed by atoms with Gasteiger partial charge in [0.15, 0.2) is 0 Å². The molecule has 0 N–H and O–H groups in total. The van der Waals surface area contributed by atoms with Gasteiger partial charge in [-0.05, 0) is 12.3 Å². The first-order chi connectivity index (χ1) is 5.66. The zero-order chi connectivity index (χ0) is 9.40. The van der Waals surface area contributed by atoms with Crippen molar-refractivity contribution in [1.82, 2.24) is 0 Å². The lowest BCUT2D eigenvalue weighted by molar-refractivity contribution is -0.111. The third kappa shape index (κ3) is 7.34. The van der Waals surface area contributed by atoms with Gasteiger partial charge in [-0.1, -0.05) is 39.0 Å². The predicted octanol–water partition coefficient (Wildman–Crippen LogP) is 2.80. The van der Waals surface area contributed by atoms with Crippen LogP contribution in [0.15, 0.2) is 0 Å². The van der Waals surface area contributed by atoms with Crippen LogP contribution in [0, 0.1) is 17.8 Å². The molecule has 0 fully saturated rings. The second-order valence-electron chi connectivity index (χ2n) is 3.22. The van der Waals surface area contributed by atoms with E-state index in [1.54, 1.807) is 0 Å². The summed E-state index contributed by atoms with van der Waals surface area (Å²) >= 11 is 0. The Morgan fingerprint density at radius 1 is 1.42 bits per heavy atom. The quantitative estimate of drug-likeness (QED) is 0.356. The van der Waals surface area contributed by atoms with Crippen molar-refractivity contribution in [3.8, 4) is 11.8 Å². The first-order valence-electron chi connectivity index (χ1n) is 4.69. The molecule has 0 aromatic heterocycles. The zero-order valence-corrected chi connectivity index (χ0v) is 8.31. The minimum Gasteiger partial charge on any atom is -0.285 e. The van der Waals surface area contributed by atoms with Crippen molar-refractivity contribution in [3.63, 3.8) is 0 Å². The molecule has 1 nitrogen and oxygen atoms in total. The van der Waals surface area contributed by atoms with Crippen LogP contribution in [0.2, 0.25) is 0 Å². The molecule has 0 radical (unpaired) electrons. The molecule has 0 saturated heterocycles. The molecule has 0 spiro atoms. The average Bonchev–Trinajstić information content (AvgIpc) is 2.01. The number of carbonyl (C=O) groups excluding carboxylic acids is 1. The monoisotopic (exact) mass is 166 g/mol. The summed E-state index contributed by atoms with van der Waals surface area (Å²) < 4.78 is 0. The summed E-state index contributed by atoms with van der Waals surface area (Å²) in [4.78, 5) is 10.5. The van der Waals surface area contributed by atoms with Gasteiger partial charge in [-0.15, -0.1) is 0 Å². The molecule has 0 aromatic rings. The Balaban J connectivity index is 3.54.